The second-order valence-electron chi connectivity index (χ2n) is 2.62. The van der Waals surface area contributed by atoms with E-state index in [1.165, 1.54) is 0 Å². The van der Waals surface area contributed by atoms with E-state index in [-0.39, 0.29) is 5.75 Å². The Balaban J connectivity index is 2.54. The molecule has 1 aromatic carbocycles. The molecule has 2 rings (SSSR count). The Labute approximate surface area is 70.4 Å². The molecule has 1 N–H and O–H groups in total. The van der Waals surface area contributed by atoms with Crippen molar-refractivity contribution in [3.63, 3.8) is 0 Å². The summed E-state index contributed by atoms with van der Waals surface area (Å²) in [5.41, 5.74) is 0.959. The molecule has 0 radical (unpaired) electrons. The molecule has 0 aromatic heterocycles. The molecule has 60 valence electrons. The number of allylic oxidation sites excluding steroid dienone is 1. The number of benzene rings is 1. The predicted octanol–water partition coefficient (Wildman–Crippen LogP) is 2.31. The molecule has 0 unspecified atom stereocenters. The van der Waals surface area contributed by atoms with Crippen LogP contribution in [0.15, 0.2) is 36.6 Å². The first-order valence-electron chi connectivity index (χ1n) is 3.63. The first-order valence-corrected chi connectivity index (χ1v) is 3.63. The van der Waals surface area contributed by atoms with Gasteiger partial charge in [-0.15, -0.1) is 0 Å². The monoisotopic (exact) mass is 160 g/mol. The molecule has 2 heteroatoms. The molecule has 1 heterocycles. The normalized spacial score (nSPS) is 13.8. The van der Waals surface area contributed by atoms with E-state index in [2.05, 4.69) is 6.58 Å². The van der Waals surface area contributed by atoms with Crippen molar-refractivity contribution in [3.05, 3.63) is 42.2 Å². The lowest BCUT2D eigenvalue weighted by Crippen LogP contribution is -1.96. The Hall–Kier alpha value is -1.70. The number of aromatic hydroxyl groups is 1. The standard InChI is InChI=1S/C10H8O2/c1-7-2-3-8-4-5-9(11)6-10(8)12-7/h2-6,11H,1H2. The third-order valence-electron chi connectivity index (χ3n) is 1.69. The Morgan fingerprint density at radius 3 is 2.92 bits per heavy atom. The third-order valence-corrected chi connectivity index (χ3v) is 1.69. The van der Waals surface area contributed by atoms with Gasteiger partial charge >= 0.3 is 0 Å². The van der Waals surface area contributed by atoms with Crippen LogP contribution in [0.3, 0.4) is 0 Å². The molecule has 0 atom stereocenters. The van der Waals surface area contributed by atoms with Crippen molar-refractivity contribution in [1.82, 2.24) is 0 Å². The molecule has 1 aliphatic heterocycles. The fraction of sp³-hybridized carbons (Fsp3) is 0. The van der Waals surface area contributed by atoms with Gasteiger partial charge in [-0.2, -0.15) is 0 Å². The summed E-state index contributed by atoms with van der Waals surface area (Å²) in [5, 5.41) is 9.14. The number of fused-ring (bicyclic) bond motifs is 1. The van der Waals surface area contributed by atoms with Gasteiger partial charge in [-0.1, -0.05) is 6.58 Å². The summed E-state index contributed by atoms with van der Waals surface area (Å²) < 4.78 is 5.27. The Morgan fingerprint density at radius 1 is 1.25 bits per heavy atom. The summed E-state index contributed by atoms with van der Waals surface area (Å²) >= 11 is 0. The van der Waals surface area contributed by atoms with Gasteiger partial charge in [0, 0.05) is 11.6 Å². The Morgan fingerprint density at radius 2 is 2.08 bits per heavy atom. The zero-order valence-corrected chi connectivity index (χ0v) is 6.45. The summed E-state index contributed by atoms with van der Waals surface area (Å²) in [7, 11) is 0. The molecule has 1 aromatic rings. The molecule has 0 aliphatic carbocycles. The van der Waals surface area contributed by atoms with Gasteiger partial charge in [-0.05, 0) is 24.3 Å². The second kappa shape index (κ2) is 2.41. The number of ether oxygens (including phenoxy) is 1. The highest BCUT2D eigenvalue weighted by atomic mass is 16.5. The molecule has 0 saturated carbocycles. The quantitative estimate of drug-likeness (QED) is 0.631. The van der Waals surface area contributed by atoms with Crippen LogP contribution in [-0.4, -0.2) is 5.11 Å². The van der Waals surface area contributed by atoms with Gasteiger partial charge < -0.3 is 9.84 Å². The first kappa shape index (κ1) is 6.98. The zero-order chi connectivity index (χ0) is 8.55. The fourth-order valence-corrected chi connectivity index (χ4v) is 1.11. The van der Waals surface area contributed by atoms with Crippen LogP contribution in [-0.2, 0) is 0 Å². The number of hydrogen-bond donors (Lipinski definition) is 1. The summed E-state index contributed by atoms with van der Waals surface area (Å²) in [6, 6.07) is 5.00. The van der Waals surface area contributed by atoms with E-state index in [0.717, 1.165) is 5.56 Å². The lowest BCUT2D eigenvalue weighted by molar-refractivity contribution is 0.430. The van der Waals surface area contributed by atoms with Crippen molar-refractivity contribution < 1.29 is 9.84 Å². The minimum Gasteiger partial charge on any atom is -0.508 e. The maximum Gasteiger partial charge on any atom is 0.138 e. The van der Waals surface area contributed by atoms with E-state index in [4.69, 9.17) is 9.84 Å². The van der Waals surface area contributed by atoms with Crippen LogP contribution in [0.4, 0.5) is 0 Å². The van der Waals surface area contributed by atoms with Gasteiger partial charge in [0.2, 0.25) is 0 Å². The molecule has 1 aliphatic rings. The number of phenolic OH excluding ortho intramolecular Hbond substituents is 1. The van der Waals surface area contributed by atoms with Crippen LogP contribution in [0.25, 0.3) is 6.08 Å². The molecular weight excluding hydrogens is 152 g/mol. The van der Waals surface area contributed by atoms with Crippen molar-refractivity contribution >= 4 is 6.08 Å². The van der Waals surface area contributed by atoms with Crippen LogP contribution >= 0.6 is 0 Å². The zero-order valence-electron chi connectivity index (χ0n) is 6.45. The van der Waals surface area contributed by atoms with Crippen LogP contribution in [0.1, 0.15) is 5.56 Å². The van der Waals surface area contributed by atoms with E-state index in [9.17, 15) is 0 Å². The van der Waals surface area contributed by atoms with Crippen molar-refractivity contribution in [2.75, 3.05) is 0 Å². The van der Waals surface area contributed by atoms with Crippen molar-refractivity contribution in [2.45, 2.75) is 0 Å². The van der Waals surface area contributed by atoms with Gasteiger partial charge in [0.05, 0.1) is 0 Å². The average Bonchev–Trinajstić information content (AvgIpc) is 2.03. The van der Waals surface area contributed by atoms with E-state index in [0.29, 0.717) is 11.5 Å². The number of rotatable bonds is 0. The highest BCUT2D eigenvalue weighted by Crippen LogP contribution is 2.29. The number of phenols is 1. The van der Waals surface area contributed by atoms with E-state index >= 15 is 0 Å². The van der Waals surface area contributed by atoms with Gasteiger partial charge in [0.1, 0.15) is 17.3 Å². The van der Waals surface area contributed by atoms with E-state index in [1.807, 2.05) is 6.08 Å². The third kappa shape index (κ3) is 1.07. The van der Waals surface area contributed by atoms with Gasteiger partial charge in [0.15, 0.2) is 0 Å². The summed E-state index contributed by atoms with van der Waals surface area (Å²) in [6.07, 6.45) is 3.69. The van der Waals surface area contributed by atoms with Crippen molar-refractivity contribution in [1.29, 1.82) is 0 Å². The molecule has 0 bridgehead atoms. The van der Waals surface area contributed by atoms with Crippen molar-refractivity contribution in [3.8, 4) is 11.5 Å². The van der Waals surface area contributed by atoms with E-state index < -0.39 is 0 Å². The minimum atomic E-state index is 0.205. The largest absolute Gasteiger partial charge is 0.508 e. The maximum atomic E-state index is 9.14. The summed E-state index contributed by atoms with van der Waals surface area (Å²) in [4.78, 5) is 0. The lowest BCUT2D eigenvalue weighted by atomic mass is 10.1. The minimum absolute atomic E-state index is 0.205. The van der Waals surface area contributed by atoms with Crippen LogP contribution < -0.4 is 4.74 Å². The highest BCUT2D eigenvalue weighted by molar-refractivity contribution is 5.63. The van der Waals surface area contributed by atoms with Gasteiger partial charge in [-0.3, -0.25) is 0 Å². The number of hydrogen-bond acceptors (Lipinski definition) is 2. The predicted molar refractivity (Wildman–Crippen MR) is 46.9 cm³/mol. The Bertz CT molecular complexity index is 364. The van der Waals surface area contributed by atoms with E-state index in [1.54, 1.807) is 24.3 Å². The first-order chi connectivity index (χ1) is 5.75. The van der Waals surface area contributed by atoms with Crippen LogP contribution in [0.5, 0.6) is 11.5 Å². The van der Waals surface area contributed by atoms with Crippen molar-refractivity contribution in [2.24, 2.45) is 0 Å². The topological polar surface area (TPSA) is 29.5 Å². The summed E-state index contributed by atoms with van der Waals surface area (Å²) in [5.74, 6) is 1.45. The SMILES string of the molecule is C=C1C=Cc2ccc(O)cc2O1. The fourth-order valence-electron chi connectivity index (χ4n) is 1.11. The van der Waals surface area contributed by atoms with Gasteiger partial charge in [-0.25, -0.2) is 0 Å². The molecule has 0 saturated heterocycles. The highest BCUT2D eigenvalue weighted by Gasteiger charge is 2.07. The molecule has 12 heavy (non-hydrogen) atoms. The maximum absolute atomic E-state index is 9.14. The lowest BCUT2D eigenvalue weighted by Gasteiger charge is -2.13. The molecule has 2 nitrogen and oxygen atoms in total. The molecule has 0 amide bonds. The smallest absolute Gasteiger partial charge is 0.138 e. The van der Waals surface area contributed by atoms with Crippen LogP contribution in [0, 0.1) is 0 Å². The second-order valence-corrected chi connectivity index (χ2v) is 2.62. The Kier molecular flexibility index (Phi) is 1.40. The average molecular weight is 160 g/mol. The molecule has 0 spiro atoms. The molecular formula is C10H8O2. The summed E-state index contributed by atoms with van der Waals surface area (Å²) in [6.45, 7) is 3.65. The van der Waals surface area contributed by atoms with Crippen LogP contribution in [0.2, 0.25) is 0 Å². The van der Waals surface area contributed by atoms with Gasteiger partial charge in [0.25, 0.3) is 0 Å². The molecule has 0 fully saturated rings.